The van der Waals surface area contributed by atoms with E-state index in [2.05, 4.69) is 26.1 Å². The molecule has 0 radical (unpaired) electrons. The molecule has 116 valence electrons. The summed E-state index contributed by atoms with van der Waals surface area (Å²) in [5.74, 6) is 0.335. The van der Waals surface area contributed by atoms with E-state index in [9.17, 15) is 9.18 Å². The maximum atomic E-state index is 14.1. The molecule has 1 heterocycles. The number of halogens is 1. The van der Waals surface area contributed by atoms with E-state index in [0.29, 0.717) is 11.5 Å². The zero-order chi connectivity index (χ0) is 15.6. The number of hydrogen-bond acceptors (Lipinski definition) is 2. The van der Waals surface area contributed by atoms with E-state index in [0.717, 1.165) is 12.8 Å². The molecule has 1 N–H and O–H groups in total. The van der Waals surface area contributed by atoms with E-state index in [1.807, 2.05) is 17.9 Å². The predicted octanol–water partition coefficient (Wildman–Crippen LogP) is 3.47. The Morgan fingerprint density at radius 1 is 1.33 bits per heavy atom. The summed E-state index contributed by atoms with van der Waals surface area (Å²) in [5.41, 5.74) is 0.547. The van der Waals surface area contributed by atoms with Crippen LogP contribution in [0.15, 0.2) is 24.3 Å². The summed E-state index contributed by atoms with van der Waals surface area (Å²) in [6.07, 6.45) is 1.65. The molecule has 1 aromatic rings. The van der Waals surface area contributed by atoms with Crippen LogP contribution in [-0.4, -0.2) is 22.9 Å². The average molecular weight is 292 g/mol. The number of nitrogens with zero attached hydrogens (tertiary/aromatic N) is 1. The molecule has 0 saturated carbocycles. The molecule has 4 unspecified atom stereocenters. The lowest BCUT2D eigenvalue weighted by atomic mass is 9.98. The largest absolute Gasteiger partial charge is 0.319 e. The van der Waals surface area contributed by atoms with Crippen LogP contribution in [0.4, 0.5) is 4.39 Å². The fourth-order valence-corrected chi connectivity index (χ4v) is 3.01. The molecule has 1 aliphatic heterocycles. The van der Waals surface area contributed by atoms with Crippen LogP contribution in [0.25, 0.3) is 0 Å². The lowest BCUT2D eigenvalue weighted by molar-refractivity contribution is -0.132. The minimum atomic E-state index is -0.368. The Bertz CT molecular complexity index is 505. The first-order chi connectivity index (χ1) is 9.95. The fourth-order valence-electron chi connectivity index (χ4n) is 3.01. The molecule has 1 aliphatic rings. The number of carbonyl (C=O) groups is 1. The third-order valence-corrected chi connectivity index (χ3v) is 4.43. The van der Waals surface area contributed by atoms with Crippen LogP contribution in [0.3, 0.4) is 0 Å². The summed E-state index contributed by atoms with van der Waals surface area (Å²) in [6.45, 7) is 8.23. The Kier molecular flexibility index (Phi) is 4.99. The zero-order valence-corrected chi connectivity index (χ0v) is 13.3. The number of hydrogen-bond donors (Lipinski definition) is 1. The van der Waals surface area contributed by atoms with Crippen molar-refractivity contribution in [3.05, 3.63) is 35.6 Å². The van der Waals surface area contributed by atoms with Crippen molar-refractivity contribution in [3.8, 4) is 0 Å². The van der Waals surface area contributed by atoms with Gasteiger partial charge in [0.25, 0.3) is 0 Å². The average Bonchev–Trinajstić information content (AvgIpc) is 2.75. The van der Waals surface area contributed by atoms with Gasteiger partial charge in [-0.3, -0.25) is 10.1 Å². The Morgan fingerprint density at radius 3 is 2.62 bits per heavy atom. The standard InChI is InChI=1S/C17H25FN2O/c1-5-11(2)10-12(3)20-16(19-13(4)17(20)21)14-8-6-7-9-15(14)18/h6-9,11-13,16,19H,5,10H2,1-4H3. The van der Waals surface area contributed by atoms with Crippen molar-refractivity contribution in [2.45, 2.75) is 58.8 Å². The topological polar surface area (TPSA) is 32.3 Å². The highest BCUT2D eigenvalue weighted by atomic mass is 19.1. The molecule has 0 spiro atoms. The quantitative estimate of drug-likeness (QED) is 0.901. The van der Waals surface area contributed by atoms with Crippen molar-refractivity contribution in [1.29, 1.82) is 0 Å². The van der Waals surface area contributed by atoms with Gasteiger partial charge in [-0.1, -0.05) is 38.5 Å². The summed E-state index contributed by atoms with van der Waals surface area (Å²) in [6, 6.07) is 6.50. The van der Waals surface area contributed by atoms with Crippen molar-refractivity contribution in [1.82, 2.24) is 10.2 Å². The normalized spacial score (nSPS) is 25.2. The molecule has 21 heavy (non-hydrogen) atoms. The SMILES string of the molecule is CCC(C)CC(C)N1C(=O)C(C)NC1c1ccccc1F. The van der Waals surface area contributed by atoms with Crippen LogP contribution in [0.2, 0.25) is 0 Å². The number of carbonyl (C=O) groups excluding carboxylic acids is 1. The maximum Gasteiger partial charge on any atom is 0.241 e. The van der Waals surface area contributed by atoms with Gasteiger partial charge in [0.2, 0.25) is 5.91 Å². The first-order valence-corrected chi connectivity index (χ1v) is 7.78. The molecule has 2 rings (SSSR count). The molecule has 3 nitrogen and oxygen atoms in total. The Balaban J connectivity index is 2.27. The summed E-state index contributed by atoms with van der Waals surface area (Å²) in [7, 11) is 0. The van der Waals surface area contributed by atoms with Gasteiger partial charge >= 0.3 is 0 Å². The molecule has 0 bridgehead atoms. The van der Waals surface area contributed by atoms with Crippen LogP contribution in [-0.2, 0) is 4.79 Å². The monoisotopic (exact) mass is 292 g/mol. The van der Waals surface area contributed by atoms with Gasteiger partial charge in [-0.25, -0.2) is 4.39 Å². The second-order valence-electron chi connectivity index (χ2n) is 6.16. The van der Waals surface area contributed by atoms with Gasteiger partial charge in [-0.05, 0) is 32.3 Å². The summed E-state index contributed by atoms with van der Waals surface area (Å²) < 4.78 is 14.1. The lowest BCUT2D eigenvalue weighted by Crippen LogP contribution is -2.39. The van der Waals surface area contributed by atoms with Gasteiger partial charge in [-0.15, -0.1) is 0 Å². The fraction of sp³-hybridized carbons (Fsp3) is 0.588. The first kappa shape index (κ1) is 16.0. The third kappa shape index (κ3) is 3.26. The van der Waals surface area contributed by atoms with Gasteiger partial charge in [0.05, 0.1) is 6.04 Å². The zero-order valence-electron chi connectivity index (χ0n) is 13.3. The Hall–Kier alpha value is -1.42. The number of amides is 1. The molecule has 1 fully saturated rings. The van der Waals surface area contributed by atoms with E-state index < -0.39 is 0 Å². The summed E-state index contributed by atoms with van der Waals surface area (Å²) in [4.78, 5) is 14.3. The lowest BCUT2D eigenvalue weighted by Gasteiger charge is -2.32. The van der Waals surface area contributed by atoms with Crippen LogP contribution >= 0.6 is 0 Å². The van der Waals surface area contributed by atoms with E-state index in [1.54, 1.807) is 12.1 Å². The Morgan fingerprint density at radius 2 is 2.00 bits per heavy atom. The van der Waals surface area contributed by atoms with Crippen molar-refractivity contribution >= 4 is 5.91 Å². The second-order valence-corrected chi connectivity index (χ2v) is 6.16. The number of nitrogens with one attached hydrogen (secondary N) is 1. The van der Waals surface area contributed by atoms with Gasteiger partial charge in [-0.2, -0.15) is 0 Å². The van der Waals surface area contributed by atoms with Crippen molar-refractivity contribution < 1.29 is 9.18 Å². The van der Waals surface area contributed by atoms with Crippen LogP contribution < -0.4 is 5.32 Å². The van der Waals surface area contributed by atoms with Crippen LogP contribution in [0, 0.1) is 11.7 Å². The molecule has 4 heteroatoms. The molecular formula is C17H25FN2O. The van der Waals surface area contributed by atoms with E-state index in [4.69, 9.17) is 0 Å². The maximum absolute atomic E-state index is 14.1. The summed E-state index contributed by atoms with van der Waals surface area (Å²) >= 11 is 0. The van der Waals surface area contributed by atoms with Crippen LogP contribution in [0.5, 0.6) is 0 Å². The van der Waals surface area contributed by atoms with E-state index in [1.165, 1.54) is 6.07 Å². The van der Waals surface area contributed by atoms with Gasteiger partial charge in [0.1, 0.15) is 12.0 Å². The number of rotatable bonds is 5. The van der Waals surface area contributed by atoms with Crippen LogP contribution in [0.1, 0.15) is 52.3 Å². The van der Waals surface area contributed by atoms with Gasteiger partial charge in [0.15, 0.2) is 0 Å². The molecule has 1 amide bonds. The molecular weight excluding hydrogens is 267 g/mol. The molecule has 0 aromatic heterocycles. The van der Waals surface area contributed by atoms with Crippen molar-refractivity contribution in [3.63, 3.8) is 0 Å². The highest BCUT2D eigenvalue weighted by Gasteiger charge is 2.40. The Labute approximate surface area is 126 Å². The highest BCUT2D eigenvalue weighted by molar-refractivity contribution is 5.84. The smallest absolute Gasteiger partial charge is 0.241 e. The second kappa shape index (κ2) is 6.56. The third-order valence-electron chi connectivity index (χ3n) is 4.43. The number of benzene rings is 1. The molecule has 1 saturated heterocycles. The minimum absolute atomic E-state index is 0.0547. The highest BCUT2D eigenvalue weighted by Crippen LogP contribution is 2.31. The van der Waals surface area contributed by atoms with E-state index in [-0.39, 0.29) is 30.0 Å². The predicted molar refractivity (Wildman–Crippen MR) is 82.1 cm³/mol. The van der Waals surface area contributed by atoms with Crippen molar-refractivity contribution in [2.75, 3.05) is 0 Å². The molecule has 0 aliphatic carbocycles. The van der Waals surface area contributed by atoms with Gasteiger partial charge < -0.3 is 4.90 Å². The molecule has 4 atom stereocenters. The van der Waals surface area contributed by atoms with Gasteiger partial charge in [0, 0.05) is 11.6 Å². The minimum Gasteiger partial charge on any atom is -0.319 e. The van der Waals surface area contributed by atoms with Crippen molar-refractivity contribution in [2.24, 2.45) is 5.92 Å². The first-order valence-electron chi connectivity index (χ1n) is 7.78. The van der Waals surface area contributed by atoms with E-state index >= 15 is 0 Å². The summed E-state index contributed by atoms with van der Waals surface area (Å²) in [5, 5.41) is 3.22. The molecule has 1 aromatic carbocycles.